The zero-order chi connectivity index (χ0) is 11.7. The van der Waals surface area contributed by atoms with Crippen molar-refractivity contribution in [3.8, 4) is 11.4 Å². The van der Waals surface area contributed by atoms with Gasteiger partial charge in [0.2, 0.25) is 5.95 Å². The average molecular weight is 222 g/mol. The van der Waals surface area contributed by atoms with Gasteiger partial charge in [-0.15, -0.1) is 0 Å². The molecule has 0 aliphatic carbocycles. The van der Waals surface area contributed by atoms with Gasteiger partial charge in [-0.1, -0.05) is 0 Å². The smallest absolute Gasteiger partial charge is 0.223 e. The van der Waals surface area contributed by atoms with Gasteiger partial charge in [-0.3, -0.25) is 0 Å². The normalized spacial score (nSPS) is 10.4. The maximum atomic E-state index is 13.0. The minimum atomic E-state index is -0.688. The second kappa shape index (κ2) is 3.80. The Labute approximate surface area is 90.2 Å². The molecule has 0 fully saturated rings. The Morgan fingerprint density at radius 1 is 1.00 bits per heavy atom. The van der Waals surface area contributed by atoms with Crippen molar-refractivity contribution in [1.82, 2.24) is 15.0 Å². The summed E-state index contributed by atoms with van der Waals surface area (Å²) in [5.74, 6) is -0.805. The van der Waals surface area contributed by atoms with E-state index in [4.69, 9.17) is 5.73 Å². The lowest BCUT2D eigenvalue weighted by atomic mass is 10.2. The van der Waals surface area contributed by atoms with E-state index in [2.05, 4.69) is 15.0 Å². The van der Waals surface area contributed by atoms with Gasteiger partial charge in [-0.05, 0) is 19.1 Å². The van der Waals surface area contributed by atoms with Gasteiger partial charge in [0.25, 0.3) is 0 Å². The van der Waals surface area contributed by atoms with Crippen molar-refractivity contribution in [2.75, 3.05) is 5.73 Å². The van der Waals surface area contributed by atoms with Crippen molar-refractivity contribution in [3.63, 3.8) is 0 Å². The fourth-order valence-corrected chi connectivity index (χ4v) is 1.31. The minimum Gasteiger partial charge on any atom is -0.368 e. The summed E-state index contributed by atoms with van der Waals surface area (Å²) in [4.78, 5) is 11.5. The van der Waals surface area contributed by atoms with Crippen LogP contribution in [0, 0.1) is 18.6 Å². The van der Waals surface area contributed by atoms with Gasteiger partial charge in [-0.2, -0.15) is 9.97 Å². The van der Waals surface area contributed by atoms with Crippen molar-refractivity contribution < 1.29 is 8.78 Å². The lowest BCUT2D eigenvalue weighted by Crippen LogP contribution is -2.02. The largest absolute Gasteiger partial charge is 0.368 e. The van der Waals surface area contributed by atoms with Gasteiger partial charge in [0.05, 0.1) is 0 Å². The first kappa shape index (κ1) is 10.4. The number of nitrogens with zero attached hydrogens (tertiary/aromatic N) is 3. The van der Waals surface area contributed by atoms with Crippen LogP contribution >= 0.6 is 0 Å². The zero-order valence-corrected chi connectivity index (χ0v) is 8.41. The highest BCUT2D eigenvalue weighted by Crippen LogP contribution is 2.18. The zero-order valence-electron chi connectivity index (χ0n) is 8.41. The van der Waals surface area contributed by atoms with E-state index in [1.807, 2.05) is 0 Å². The maximum Gasteiger partial charge on any atom is 0.223 e. The third-order valence-corrected chi connectivity index (χ3v) is 1.89. The van der Waals surface area contributed by atoms with Crippen molar-refractivity contribution >= 4 is 5.95 Å². The molecule has 0 spiro atoms. The van der Waals surface area contributed by atoms with E-state index in [1.165, 1.54) is 0 Å². The highest BCUT2D eigenvalue weighted by molar-refractivity contribution is 5.55. The number of nitrogen functional groups attached to an aromatic ring is 1. The van der Waals surface area contributed by atoms with Gasteiger partial charge >= 0.3 is 0 Å². The number of hydrogen-bond donors (Lipinski definition) is 1. The Balaban J connectivity index is 2.57. The molecule has 2 aromatic rings. The molecule has 16 heavy (non-hydrogen) atoms. The number of aromatic nitrogens is 3. The van der Waals surface area contributed by atoms with Gasteiger partial charge in [0.15, 0.2) is 5.82 Å². The lowest BCUT2D eigenvalue weighted by Gasteiger charge is -2.02. The fraction of sp³-hybridized carbons (Fsp3) is 0.100. The van der Waals surface area contributed by atoms with Crippen LogP contribution in [0.3, 0.4) is 0 Å². The molecule has 0 atom stereocenters. The Morgan fingerprint density at radius 2 is 1.62 bits per heavy atom. The van der Waals surface area contributed by atoms with Crippen LogP contribution in [0.5, 0.6) is 0 Å². The average Bonchev–Trinajstić information content (AvgIpc) is 2.14. The number of nitrogens with two attached hydrogens (primary N) is 1. The number of aryl methyl sites for hydroxylation is 1. The molecule has 0 aliphatic heterocycles. The van der Waals surface area contributed by atoms with Crippen LogP contribution in [-0.2, 0) is 0 Å². The third kappa shape index (κ3) is 2.10. The lowest BCUT2D eigenvalue weighted by molar-refractivity contribution is 0.584. The van der Waals surface area contributed by atoms with Crippen molar-refractivity contribution in [2.24, 2.45) is 0 Å². The topological polar surface area (TPSA) is 64.7 Å². The van der Waals surface area contributed by atoms with Crippen LogP contribution < -0.4 is 5.73 Å². The highest BCUT2D eigenvalue weighted by atomic mass is 19.1. The van der Waals surface area contributed by atoms with Gasteiger partial charge in [-0.25, -0.2) is 13.8 Å². The molecule has 0 unspecified atom stereocenters. The van der Waals surface area contributed by atoms with E-state index >= 15 is 0 Å². The summed E-state index contributed by atoms with van der Waals surface area (Å²) < 4.78 is 25.9. The predicted octanol–water partition coefficient (Wildman–Crippen LogP) is 1.71. The summed E-state index contributed by atoms with van der Waals surface area (Å²) in [5, 5.41) is 0. The molecular weight excluding hydrogens is 214 g/mol. The second-order valence-electron chi connectivity index (χ2n) is 3.22. The summed E-state index contributed by atoms with van der Waals surface area (Å²) in [6.07, 6.45) is 0. The van der Waals surface area contributed by atoms with Crippen LogP contribution in [0.15, 0.2) is 18.2 Å². The molecule has 0 saturated heterocycles. The molecule has 0 saturated carbocycles. The minimum absolute atomic E-state index is 0.0205. The van der Waals surface area contributed by atoms with Crippen molar-refractivity contribution in [3.05, 3.63) is 35.7 Å². The van der Waals surface area contributed by atoms with E-state index in [1.54, 1.807) is 6.92 Å². The standard InChI is InChI=1S/C10H8F2N4/c1-5-14-9(16-10(13)15-5)6-2-7(11)4-8(12)3-6/h2-4H,1H3,(H2,13,14,15,16). The number of anilines is 1. The van der Waals surface area contributed by atoms with Crippen LogP contribution in [0.25, 0.3) is 11.4 Å². The van der Waals surface area contributed by atoms with Crippen LogP contribution in [-0.4, -0.2) is 15.0 Å². The molecule has 1 aromatic heterocycles. The highest BCUT2D eigenvalue weighted by Gasteiger charge is 2.07. The van der Waals surface area contributed by atoms with Crippen molar-refractivity contribution in [1.29, 1.82) is 0 Å². The molecule has 0 amide bonds. The summed E-state index contributed by atoms with van der Waals surface area (Å²) in [6, 6.07) is 3.05. The van der Waals surface area contributed by atoms with Gasteiger partial charge < -0.3 is 5.73 Å². The Bertz CT molecular complexity index is 452. The summed E-state index contributed by atoms with van der Waals surface area (Å²) in [6.45, 7) is 1.62. The van der Waals surface area contributed by atoms with Crippen LogP contribution in [0.2, 0.25) is 0 Å². The molecule has 0 radical (unpaired) electrons. The molecule has 2 rings (SSSR count). The summed E-state index contributed by atoms with van der Waals surface area (Å²) in [5.41, 5.74) is 5.65. The SMILES string of the molecule is Cc1nc(N)nc(-c2cc(F)cc(F)c2)n1. The number of benzene rings is 1. The van der Waals surface area contributed by atoms with Crippen molar-refractivity contribution in [2.45, 2.75) is 6.92 Å². The Hall–Kier alpha value is -2.11. The number of hydrogen-bond acceptors (Lipinski definition) is 4. The molecule has 4 nitrogen and oxygen atoms in total. The van der Waals surface area contributed by atoms with Crippen LogP contribution in [0.4, 0.5) is 14.7 Å². The molecule has 0 bridgehead atoms. The second-order valence-corrected chi connectivity index (χ2v) is 3.22. The molecule has 1 aromatic carbocycles. The Morgan fingerprint density at radius 3 is 2.19 bits per heavy atom. The summed E-state index contributed by atoms with van der Waals surface area (Å²) >= 11 is 0. The number of rotatable bonds is 1. The van der Waals surface area contributed by atoms with Crippen LogP contribution in [0.1, 0.15) is 5.82 Å². The van der Waals surface area contributed by atoms with E-state index in [9.17, 15) is 8.78 Å². The summed E-state index contributed by atoms with van der Waals surface area (Å²) in [7, 11) is 0. The molecule has 6 heteroatoms. The van der Waals surface area contributed by atoms with E-state index in [-0.39, 0.29) is 17.3 Å². The molecule has 2 N–H and O–H groups in total. The molecule has 0 aliphatic rings. The van der Waals surface area contributed by atoms with E-state index in [0.717, 1.165) is 18.2 Å². The van der Waals surface area contributed by atoms with Gasteiger partial charge in [0, 0.05) is 11.6 Å². The van der Waals surface area contributed by atoms with Gasteiger partial charge in [0.1, 0.15) is 17.5 Å². The first-order valence-electron chi connectivity index (χ1n) is 4.49. The first-order valence-corrected chi connectivity index (χ1v) is 4.49. The monoisotopic (exact) mass is 222 g/mol. The number of halogens is 2. The predicted molar refractivity (Wildman–Crippen MR) is 54.3 cm³/mol. The molecular formula is C10H8F2N4. The fourth-order valence-electron chi connectivity index (χ4n) is 1.31. The Kier molecular flexibility index (Phi) is 2.47. The van der Waals surface area contributed by atoms with E-state index < -0.39 is 11.6 Å². The maximum absolute atomic E-state index is 13.0. The van der Waals surface area contributed by atoms with E-state index in [0.29, 0.717) is 5.82 Å². The quantitative estimate of drug-likeness (QED) is 0.797. The first-order chi connectivity index (χ1) is 7.54. The third-order valence-electron chi connectivity index (χ3n) is 1.89. The molecule has 1 heterocycles. The molecule has 82 valence electrons.